The van der Waals surface area contributed by atoms with Gasteiger partial charge in [-0.25, -0.2) is 22.7 Å². The Morgan fingerprint density at radius 3 is 2.42 bits per heavy atom. The number of esters is 2. The van der Waals surface area contributed by atoms with Crippen LogP contribution in [0, 0.1) is 13.8 Å². The largest absolute Gasteiger partial charge is 0.462 e. The fourth-order valence-corrected chi connectivity index (χ4v) is 4.80. The lowest BCUT2D eigenvalue weighted by Gasteiger charge is -2.09. The van der Waals surface area contributed by atoms with Gasteiger partial charge >= 0.3 is 11.9 Å². The number of sulfonamides is 1. The maximum absolute atomic E-state index is 12.3. The van der Waals surface area contributed by atoms with Crippen LogP contribution in [0.5, 0.6) is 0 Å². The van der Waals surface area contributed by atoms with Crippen molar-refractivity contribution in [1.82, 2.24) is 4.72 Å². The SMILES string of the molecule is CCOC(=O)c1c(NC(=O)COC(=O)c2ccc(Cl)c(S(=O)(=O)NC)c2)sc(C)c1C. The summed E-state index contributed by atoms with van der Waals surface area (Å²) in [4.78, 5) is 37.3. The molecule has 0 aliphatic carbocycles. The highest BCUT2D eigenvalue weighted by Crippen LogP contribution is 2.33. The summed E-state index contributed by atoms with van der Waals surface area (Å²) >= 11 is 7.09. The van der Waals surface area contributed by atoms with Gasteiger partial charge in [0.15, 0.2) is 6.61 Å². The lowest BCUT2D eigenvalue weighted by atomic mass is 10.1. The molecule has 31 heavy (non-hydrogen) atoms. The molecule has 0 saturated carbocycles. The summed E-state index contributed by atoms with van der Waals surface area (Å²) in [5.74, 6) is -2.14. The van der Waals surface area contributed by atoms with Gasteiger partial charge in [0.2, 0.25) is 10.0 Å². The highest BCUT2D eigenvalue weighted by Gasteiger charge is 2.23. The smallest absolute Gasteiger partial charge is 0.341 e. The van der Waals surface area contributed by atoms with Crippen LogP contribution >= 0.6 is 22.9 Å². The van der Waals surface area contributed by atoms with E-state index in [0.717, 1.165) is 10.9 Å². The molecular weight excluding hydrogens is 468 g/mol. The molecule has 0 aliphatic heterocycles. The molecule has 1 heterocycles. The van der Waals surface area contributed by atoms with E-state index in [9.17, 15) is 22.8 Å². The number of amides is 1. The van der Waals surface area contributed by atoms with Gasteiger partial charge in [0, 0.05) is 4.88 Å². The Hall–Kier alpha value is -2.47. The Morgan fingerprint density at radius 1 is 1.13 bits per heavy atom. The second-order valence-corrected chi connectivity index (χ2v) is 9.67. The molecule has 1 aromatic carbocycles. The van der Waals surface area contributed by atoms with E-state index in [4.69, 9.17) is 21.1 Å². The predicted octanol–water partition coefficient (Wildman–Crippen LogP) is 2.90. The molecule has 0 radical (unpaired) electrons. The molecule has 9 nitrogen and oxygen atoms in total. The van der Waals surface area contributed by atoms with Gasteiger partial charge in [-0.3, -0.25) is 4.79 Å². The van der Waals surface area contributed by atoms with Crippen molar-refractivity contribution >= 4 is 55.8 Å². The molecule has 0 bridgehead atoms. The summed E-state index contributed by atoms with van der Waals surface area (Å²) in [7, 11) is -2.68. The molecule has 0 aliphatic rings. The molecule has 12 heteroatoms. The zero-order chi connectivity index (χ0) is 23.3. The lowest BCUT2D eigenvalue weighted by molar-refractivity contribution is -0.119. The minimum absolute atomic E-state index is 0.0708. The molecule has 0 fully saturated rings. The van der Waals surface area contributed by atoms with Crippen molar-refractivity contribution in [1.29, 1.82) is 0 Å². The maximum atomic E-state index is 12.3. The van der Waals surface area contributed by atoms with E-state index in [0.29, 0.717) is 10.6 Å². The predicted molar refractivity (Wildman–Crippen MR) is 116 cm³/mol. The van der Waals surface area contributed by atoms with Crippen molar-refractivity contribution in [2.45, 2.75) is 25.7 Å². The number of rotatable bonds is 8. The lowest BCUT2D eigenvalue weighted by Crippen LogP contribution is -2.22. The summed E-state index contributed by atoms with van der Waals surface area (Å²) in [5, 5.41) is 2.77. The van der Waals surface area contributed by atoms with E-state index < -0.39 is 34.5 Å². The molecule has 0 spiro atoms. The Labute approximate surface area is 188 Å². The molecular formula is C19H21ClN2O7S2. The zero-order valence-corrected chi connectivity index (χ0v) is 19.6. The van der Waals surface area contributed by atoms with Crippen LogP contribution in [0.1, 0.15) is 38.1 Å². The number of carbonyl (C=O) groups excluding carboxylic acids is 3. The Kier molecular flexibility index (Phi) is 8.18. The van der Waals surface area contributed by atoms with Crippen LogP contribution < -0.4 is 10.0 Å². The summed E-state index contributed by atoms with van der Waals surface area (Å²) in [6.45, 7) is 4.76. The molecule has 0 unspecified atom stereocenters. The van der Waals surface area contributed by atoms with Crippen molar-refractivity contribution in [2.24, 2.45) is 0 Å². The highest BCUT2D eigenvalue weighted by atomic mass is 35.5. The van der Waals surface area contributed by atoms with Gasteiger partial charge in [-0.05, 0) is 51.6 Å². The van der Waals surface area contributed by atoms with Crippen LogP contribution in [-0.2, 0) is 24.3 Å². The topological polar surface area (TPSA) is 128 Å². The average molecular weight is 489 g/mol. The maximum Gasteiger partial charge on any atom is 0.341 e. The van der Waals surface area contributed by atoms with E-state index in [1.165, 1.54) is 30.5 Å². The number of carbonyl (C=O) groups is 3. The van der Waals surface area contributed by atoms with Crippen molar-refractivity contribution in [3.8, 4) is 0 Å². The van der Waals surface area contributed by atoms with Crippen LogP contribution in [0.4, 0.5) is 5.00 Å². The van der Waals surface area contributed by atoms with E-state index in [-0.39, 0.29) is 27.7 Å². The fourth-order valence-electron chi connectivity index (χ4n) is 2.49. The normalized spacial score (nSPS) is 11.1. The van der Waals surface area contributed by atoms with E-state index >= 15 is 0 Å². The van der Waals surface area contributed by atoms with Crippen molar-refractivity contribution in [3.05, 3.63) is 44.8 Å². The van der Waals surface area contributed by atoms with Gasteiger partial charge in [0.05, 0.1) is 22.8 Å². The van der Waals surface area contributed by atoms with Crippen LogP contribution in [-0.4, -0.2) is 46.5 Å². The zero-order valence-electron chi connectivity index (χ0n) is 17.2. The van der Waals surface area contributed by atoms with Gasteiger partial charge in [0.1, 0.15) is 9.90 Å². The molecule has 2 aromatic rings. The summed E-state index contributed by atoms with van der Waals surface area (Å²) < 4.78 is 36.1. The van der Waals surface area contributed by atoms with Crippen LogP contribution in [0.2, 0.25) is 5.02 Å². The third kappa shape index (κ3) is 5.82. The van der Waals surface area contributed by atoms with Crippen LogP contribution in [0.3, 0.4) is 0 Å². The summed E-state index contributed by atoms with van der Waals surface area (Å²) in [5.41, 5.74) is 0.847. The second-order valence-electron chi connectivity index (χ2n) is 6.18. The molecule has 1 aromatic heterocycles. The molecule has 2 N–H and O–H groups in total. The van der Waals surface area contributed by atoms with Crippen LogP contribution in [0.25, 0.3) is 0 Å². The quantitative estimate of drug-likeness (QED) is 0.546. The van der Waals surface area contributed by atoms with Crippen LogP contribution in [0.15, 0.2) is 23.1 Å². The summed E-state index contributed by atoms with van der Waals surface area (Å²) in [6.07, 6.45) is 0. The number of hydrogen-bond donors (Lipinski definition) is 2. The first-order valence-corrected chi connectivity index (χ1v) is 11.7. The van der Waals surface area contributed by atoms with Crippen molar-refractivity contribution in [2.75, 3.05) is 25.6 Å². The summed E-state index contributed by atoms with van der Waals surface area (Å²) in [6, 6.07) is 3.58. The molecule has 0 saturated heterocycles. The van der Waals surface area contributed by atoms with Crippen molar-refractivity contribution < 1.29 is 32.3 Å². The van der Waals surface area contributed by atoms with Gasteiger partial charge in [-0.1, -0.05) is 11.6 Å². The number of anilines is 1. The van der Waals surface area contributed by atoms with Gasteiger partial charge in [-0.2, -0.15) is 0 Å². The number of halogens is 1. The van der Waals surface area contributed by atoms with Gasteiger partial charge in [0.25, 0.3) is 5.91 Å². The van der Waals surface area contributed by atoms with E-state index in [1.54, 1.807) is 20.8 Å². The standard InChI is InChI=1S/C19H21ClN2O7S2/c1-5-28-19(25)16-10(2)11(3)30-17(16)22-15(23)9-29-18(24)12-6-7-13(20)14(8-12)31(26,27)21-4/h6-8,21H,5,9H2,1-4H3,(H,22,23). The molecule has 1 amide bonds. The third-order valence-corrected chi connectivity index (χ3v) is 7.20. The number of nitrogens with one attached hydrogen (secondary N) is 2. The average Bonchev–Trinajstić information content (AvgIpc) is 2.99. The number of ether oxygens (including phenoxy) is 2. The first-order valence-electron chi connectivity index (χ1n) is 8.99. The van der Waals surface area contributed by atoms with Gasteiger partial charge in [-0.15, -0.1) is 11.3 Å². The fraction of sp³-hybridized carbons (Fsp3) is 0.316. The third-order valence-electron chi connectivity index (χ3n) is 4.18. The molecule has 2 rings (SSSR count). The number of hydrogen-bond acceptors (Lipinski definition) is 8. The first-order chi connectivity index (χ1) is 14.5. The number of aryl methyl sites for hydroxylation is 1. The number of thiophene rings is 1. The Balaban J connectivity index is 2.11. The minimum atomic E-state index is -3.89. The number of benzene rings is 1. The van der Waals surface area contributed by atoms with Gasteiger partial charge < -0.3 is 14.8 Å². The second kappa shape index (κ2) is 10.2. The van der Waals surface area contributed by atoms with E-state index in [2.05, 4.69) is 10.0 Å². The van der Waals surface area contributed by atoms with Crippen molar-refractivity contribution in [3.63, 3.8) is 0 Å². The van der Waals surface area contributed by atoms with E-state index in [1.807, 2.05) is 0 Å². The molecule has 168 valence electrons. The first kappa shape index (κ1) is 24.8. The highest BCUT2D eigenvalue weighted by molar-refractivity contribution is 7.89. The Morgan fingerprint density at radius 2 is 1.81 bits per heavy atom. The minimum Gasteiger partial charge on any atom is -0.462 e. The monoisotopic (exact) mass is 488 g/mol. The Bertz CT molecular complexity index is 1130. The molecule has 0 atom stereocenters.